The zero-order chi connectivity index (χ0) is 23.3. The molecule has 1 atom stereocenters. The van der Waals surface area contributed by atoms with Crippen molar-refractivity contribution in [1.29, 1.82) is 0 Å². The second-order valence-electron chi connectivity index (χ2n) is 9.40. The molecular weight excluding hydrogens is 408 g/mol. The highest BCUT2D eigenvalue weighted by molar-refractivity contribution is 6.04. The highest BCUT2D eigenvalue weighted by Gasteiger charge is 2.34. The Labute approximate surface area is 197 Å². The largest absolute Gasteiger partial charge is 0.491 e. The molecule has 33 heavy (non-hydrogen) atoms. The lowest BCUT2D eigenvalue weighted by Crippen LogP contribution is -2.36. The molecule has 1 heterocycles. The molecule has 0 aromatic heterocycles. The van der Waals surface area contributed by atoms with Crippen LogP contribution in [-0.4, -0.2) is 17.5 Å². The van der Waals surface area contributed by atoms with E-state index in [1.54, 1.807) is 0 Å². The molecule has 3 aromatic rings. The molecule has 3 heteroatoms. The second kappa shape index (κ2) is 10.1. The van der Waals surface area contributed by atoms with Crippen molar-refractivity contribution in [3.8, 4) is 11.5 Å². The van der Waals surface area contributed by atoms with Crippen molar-refractivity contribution in [2.75, 3.05) is 0 Å². The van der Waals surface area contributed by atoms with Gasteiger partial charge in [-0.1, -0.05) is 72.8 Å². The van der Waals surface area contributed by atoms with E-state index in [9.17, 15) is 4.79 Å². The first-order valence-electron chi connectivity index (χ1n) is 11.7. The van der Waals surface area contributed by atoms with Gasteiger partial charge in [-0.3, -0.25) is 4.79 Å². The van der Waals surface area contributed by atoms with E-state index >= 15 is 0 Å². The Morgan fingerprint density at radius 3 is 2.42 bits per heavy atom. The molecule has 0 amide bonds. The van der Waals surface area contributed by atoms with Crippen LogP contribution in [0, 0.1) is 0 Å². The number of carbonyl (C=O) groups excluding carboxylic acids is 1. The summed E-state index contributed by atoms with van der Waals surface area (Å²) in [5.74, 6) is 1.45. The van der Waals surface area contributed by atoms with Crippen LogP contribution in [0.25, 0.3) is 12.2 Å². The fraction of sp³-hybridized carbons (Fsp3) is 0.300. The fourth-order valence-corrected chi connectivity index (χ4v) is 4.28. The second-order valence-corrected chi connectivity index (χ2v) is 9.40. The maximum atomic E-state index is 13.0. The van der Waals surface area contributed by atoms with Crippen molar-refractivity contribution in [1.82, 2.24) is 0 Å². The highest BCUT2D eigenvalue weighted by Crippen LogP contribution is 2.39. The summed E-state index contributed by atoms with van der Waals surface area (Å²) in [7, 11) is 0. The number of fused-ring (bicyclic) bond motifs is 1. The smallest absolute Gasteiger partial charge is 0.171 e. The molecule has 170 valence electrons. The van der Waals surface area contributed by atoms with Crippen LogP contribution in [0.15, 0.2) is 72.8 Å². The average molecular weight is 441 g/mol. The first kappa shape index (κ1) is 22.8. The summed E-state index contributed by atoms with van der Waals surface area (Å²) < 4.78 is 12.5. The van der Waals surface area contributed by atoms with E-state index in [4.69, 9.17) is 9.47 Å². The summed E-state index contributed by atoms with van der Waals surface area (Å²) in [4.78, 5) is 13.0. The van der Waals surface area contributed by atoms with Gasteiger partial charge in [0.25, 0.3) is 0 Å². The summed E-state index contributed by atoms with van der Waals surface area (Å²) in [6.07, 6.45) is 7.48. The lowest BCUT2D eigenvalue weighted by atomic mass is 9.90. The van der Waals surface area contributed by atoms with Crippen LogP contribution in [0.5, 0.6) is 11.5 Å². The molecule has 1 unspecified atom stereocenters. The Bertz CT molecular complexity index is 1110. The Morgan fingerprint density at radius 1 is 1.00 bits per heavy atom. The lowest BCUT2D eigenvalue weighted by molar-refractivity contribution is 0.0617. The highest BCUT2D eigenvalue weighted by atomic mass is 16.5. The van der Waals surface area contributed by atoms with E-state index in [-0.39, 0.29) is 11.9 Å². The fourth-order valence-electron chi connectivity index (χ4n) is 4.28. The number of ketones is 1. The number of hydrogen-bond acceptors (Lipinski definition) is 3. The van der Waals surface area contributed by atoms with Crippen molar-refractivity contribution >= 4 is 17.9 Å². The number of aryl methyl sites for hydroxylation is 1. The lowest BCUT2D eigenvalue weighted by Gasteiger charge is -2.32. The van der Waals surface area contributed by atoms with Crippen LogP contribution in [0.2, 0.25) is 0 Å². The van der Waals surface area contributed by atoms with Gasteiger partial charge in [-0.25, -0.2) is 0 Å². The SMILES string of the molecule is CC(CCCc1ccccc1)Oc1cc(/C=C/c2ccccc2)c2c(c1)OC(C)(C)CC2=O. The van der Waals surface area contributed by atoms with Gasteiger partial charge in [-0.2, -0.15) is 0 Å². The van der Waals surface area contributed by atoms with Gasteiger partial charge in [-0.15, -0.1) is 0 Å². The van der Waals surface area contributed by atoms with E-state index in [2.05, 4.69) is 31.2 Å². The van der Waals surface area contributed by atoms with Gasteiger partial charge in [0.1, 0.15) is 17.1 Å². The molecule has 3 nitrogen and oxygen atoms in total. The number of Topliss-reactive ketones (excluding diaryl/α,β-unsaturated/α-hetero) is 1. The van der Waals surface area contributed by atoms with Crippen LogP contribution in [0.4, 0.5) is 0 Å². The Kier molecular flexibility index (Phi) is 6.98. The Balaban J connectivity index is 1.53. The van der Waals surface area contributed by atoms with E-state index in [0.29, 0.717) is 17.7 Å². The summed E-state index contributed by atoms with van der Waals surface area (Å²) in [5, 5.41) is 0. The molecule has 1 aliphatic heterocycles. The van der Waals surface area contributed by atoms with Crippen LogP contribution < -0.4 is 9.47 Å². The molecule has 1 aliphatic rings. The third-order valence-corrected chi connectivity index (χ3v) is 5.87. The summed E-state index contributed by atoms with van der Waals surface area (Å²) in [5.41, 5.74) is 3.39. The summed E-state index contributed by atoms with van der Waals surface area (Å²) in [6.45, 7) is 6.00. The van der Waals surface area contributed by atoms with Gasteiger partial charge in [0.15, 0.2) is 5.78 Å². The molecule has 0 radical (unpaired) electrons. The summed E-state index contributed by atoms with van der Waals surface area (Å²) >= 11 is 0. The number of ether oxygens (including phenoxy) is 2. The van der Waals surface area contributed by atoms with Gasteiger partial charge in [0.2, 0.25) is 0 Å². The molecule has 0 bridgehead atoms. The van der Waals surface area contributed by atoms with Crippen molar-refractivity contribution < 1.29 is 14.3 Å². The van der Waals surface area contributed by atoms with Crippen molar-refractivity contribution in [3.63, 3.8) is 0 Å². The zero-order valence-electron chi connectivity index (χ0n) is 19.7. The predicted molar refractivity (Wildman–Crippen MR) is 135 cm³/mol. The normalized spacial score (nSPS) is 15.7. The van der Waals surface area contributed by atoms with Gasteiger partial charge >= 0.3 is 0 Å². The molecular formula is C30H32O3. The van der Waals surface area contributed by atoms with Crippen LogP contribution in [0.3, 0.4) is 0 Å². The molecule has 4 rings (SSSR count). The van der Waals surface area contributed by atoms with Crippen molar-refractivity contribution in [2.24, 2.45) is 0 Å². The number of carbonyl (C=O) groups is 1. The quantitative estimate of drug-likeness (QED) is 0.343. The predicted octanol–water partition coefficient (Wildman–Crippen LogP) is 7.39. The maximum Gasteiger partial charge on any atom is 0.171 e. The molecule has 0 saturated carbocycles. The van der Waals surface area contributed by atoms with E-state index in [1.165, 1.54) is 5.56 Å². The van der Waals surface area contributed by atoms with Crippen molar-refractivity contribution in [2.45, 2.75) is 58.2 Å². The van der Waals surface area contributed by atoms with Gasteiger partial charge in [0, 0.05) is 6.07 Å². The van der Waals surface area contributed by atoms with E-state index in [0.717, 1.165) is 36.1 Å². The average Bonchev–Trinajstić information content (AvgIpc) is 2.77. The Morgan fingerprint density at radius 2 is 1.70 bits per heavy atom. The minimum atomic E-state index is -0.523. The van der Waals surface area contributed by atoms with Gasteiger partial charge in [-0.05, 0) is 62.8 Å². The standard InChI is InChI=1S/C30H32O3/c1-22(11-10-16-23-12-6-4-7-13-23)32-26-19-25(18-17-24-14-8-5-9-15-24)29-27(31)21-30(2,3)33-28(29)20-26/h4-9,12-15,17-20,22H,10-11,16,21H2,1-3H3/b18-17+. The third-order valence-electron chi connectivity index (χ3n) is 5.87. The minimum Gasteiger partial charge on any atom is -0.491 e. The first-order chi connectivity index (χ1) is 15.9. The molecule has 3 aromatic carbocycles. The van der Waals surface area contributed by atoms with Crippen LogP contribution in [0.1, 0.15) is 67.1 Å². The Hall–Kier alpha value is -3.33. The van der Waals surface area contributed by atoms with Gasteiger partial charge < -0.3 is 9.47 Å². The van der Waals surface area contributed by atoms with Crippen molar-refractivity contribution in [3.05, 3.63) is 95.1 Å². The molecule has 0 N–H and O–H groups in total. The monoisotopic (exact) mass is 440 g/mol. The topological polar surface area (TPSA) is 35.5 Å². The first-order valence-corrected chi connectivity index (χ1v) is 11.7. The minimum absolute atomic E-state index is 0.0602. The molecule has 0 aliphatic carbocycles. The van der Waals surface area contributed by atoms with E-state index in [1.807, 2.05) is 74.5 Å². The third kappa shape index (κ3) is 6.13. The summed E-state index contributed by atoms with van der Waals surface area (Å²) in [6, 6.07) is 24.4. The number of benzene rings is 3. The van der Waals surface area contributed by atoms with Crippen LogP contribution in [-0.2, 0) is 6.42 Å². The van der Waals surface area contributed by atoms with Gasteiger partial charge in [0.05, 0.1) is 18.1 Å². The zero-order valence-corrected chi connectivity index (χ0v) is 19.7. The molecule has 0 saturated heterocycles. The number of rotatable bonds is 8. The maximum absolute atomic E-state index is 13.0. The number of hydrogen-bond donors (Lipinski definition) is 0. The molecule has 0 spiro atoms. The van der Waals surface area contributed by atoms with Crippen LogP contribution >= 0.6 is 0 Å². The van der Waals surface area contributed by atoms with E-state index < -0.39 is 5.60 Å². The molecule has 0 fully saturated rings.